The molecular weight excluding hydrogens is 304 g/mol. The molecule has 23 heavy (non-hydrogen) atoms. The largest absolute Gasteiger partial charge is 0.382 e. The van der Waals surface area contributed by atoms with Crippen molar-refractivity contribution in [2.45, 2.75) is 0 Å². The number of hydrogen-bond donors (Lipinski definition) is 0. The third-order valence-corrected chi connectivity index (χ3v) is 2.35. The molecule has 0 aliphatic rings. The zero-order chi connectivity index (χ0) is 17.4. The van der Waals surface area contributed by atoms with E-state index in [1.165, 1.54) is 0 Å². The van der Waals surface area contributed by atoms with Crippen LogP contribution in [0.25, 0.3) is 0 Å². The number of methoxy groups -OCH3 is 2. The number of hydrogen-bond acceptors (Lipinski definition) is 7. The van der Waals surface area contributed by atoms with Crippen LogP contribution < -0.4 is 0 Å². The molecule has 7 nitrogen and oxygen atoms in total. The molecule has 0 saturated heterocycles. The van der Waals surface area contributed by atoms with E-state index in [1.54, 1.807) is 14.2 Å². The van der Waals surface area contributed by atoms with Gasteiger partial charge in [-0.3, -0.25) is 0 Å². The van der Waals surface area contributed by atoms with Crippen LogP contribution in [0.4, 0.5) is 0 Å². The Morgan fingerprint density at radius 1 is 0.391 bits per heavy atom. The third-order valence-electron chi connectivity index (χ3n) is 2.35. The second-order valence-electron chi connectivity index (χ2n) is 4.05. The predicted molar refractivity (Wildman–Crippen MR) is 89.1 cm³/mol. The Labute approximate surface area is 140 Å². The van der Waals surface area contributed by atoms with Gasteiger partial charge in [0.25, 0.3) is 0 Å². The maximum absolute atomic E-state index is 5.35. The Morgan fingerprint density at radius 2 is 0.565 bits per heavy atom. The van der Waals surface area contributed by atoms with Gasteiger partial charge in [-0.2, -0.15) is 0 Å². The minimum Gasteiger partial charge on any atom is -0.382 e. The Balaban J connectivity index is 0. The highest BCUT2D eigenvalue weighted by molar-refractivity contribution is 4.36. The second kappa shape index (κ2) is 26.4. The van der Waals surface area contributed by atoms with Gasteiger partial charge >= 0.3 is 0 Å². The summed E-state index contributed by atoms with van der Waals surface area (Å²) in [7, 11) is 3.30. The lowest BCUT2D eigenvalue weighted by molar-refractivity contribution is -0.0174. The van der Waals surface area contributed by atoms with Crippen LogP contribution >= 0.6 is 0 Å². The molecule has 0 rings (SSSR count). The average Bonchev–Trinajstić information content (AvgIpc) is 2.59. The molecule has 0 spiro atoms. The van der Waals surface area contributed by atoms with Gasteiger partial charge in [0.15, 0.2) is 0 Å². The van der Waals surface area contributed by atoms with E-state index in [1.807, 2.05) is 0 Å². The lowest BCUT2D eigenvalue weighted by atomic mass is 10.7. The van der Waals surface area contributed by atoms with Crippen LogP contribution in [-0.2, 0) is 33.2 Å². The highest BCUT2D eigenvalue weighted by atomic mass is 16.6. The van der Waals surface area contributed by atoms with Crippen molar-refractivity contribution in [2.24, 2.45) is 0 Å². The van der Waals surface area contributed by atoms with E-state index in [0.717, 1.165) is 0 Å². The SMILES string of the molecule is C=C.COCCOCCOCCOCCOCCOCCOC. The molecule has 0 aromatic rings. The molecule has 0 radical (unpaired) electrons. The molecule has 0 aliphatic heterocycles. The molecule has 0 amide bonds. The van der Waals surface area contributed by atoms with Gasteiger partial charge in [0.2, 0.25) is 0 Å². The van der Waals surface area contributed by atoms with E-state index in [-0.39, 0.29) is 0 Å². The summed E-state index contributed by atoms with van der Waals surface area (Å²) in [5, 5.41) is 0. The first-order chi connectivity index (χ1) is 11.4. The number of ether oxygens (including phenoxy) is 7. The highest BCUT2D eigenvalue weighted by Gasteiger charge is 1.93. The Morgan fingerprint density at radius 3 is 0.739 bits per heavy atom. The summed E-state index contributed by atoms with van der Waals surface area (Å²) in [5.41, 5.74) is 0. The average molecular weight is 338 g/mol. The zero-order valence-corrected chi connectivity index (χ0v) is 14.8. The molecule has 140 valence electrons. The first kappa shape index (κ1) is 24.7. The number of rotatable bonds is 18. The van der Waals surface area contributed by atoms with Gasteiger partial charge in [-0.05, 0) is 0 Å². The van der Waals surface area contributed by atoms with Gasteiger partial charge in [0.1, 0.15) is 0 Å². The van der Waals surface area contributed by atoms with Crippen LogP contribution in [0.15, 0.2) is 13.2 Å². The minimum atomic E-state index is 0.561. The molecular formula is C16H34O7. The van der Waals surface area contributed by atoms with E-state index < -0.39 is 0 Å². The van der Waals surface area contributed by atoms with E-state index in [4.69, 9.17) is 33.2 Å². The first-order valence-corrected chi connectivity index (χ1v) is 7.78. The van der Waals surface area contributed by atoms with Gasteiger partial charge < -0.3 is 33.2 Å². The maximum Gasteiger partial charge on any atom is 0.0701 e. The summed E-state index contributed by atoms with van der Waals surface area (Å²) in [6, 6.07) is 0. The Hall–Kier alpha value is -0.540. The lowest BCUT2D eigenvalue weighted by Crippen LogP contribution is -2.14. The molecule has 7 heteroatoms. The molecule has 0 N–H and O–H groups in total. The molecule has 0 aliphatic carbocycles. The predicted octanol–water partition coefficient (Wildman–Crippen LogP) is 1.16. The van der Waals surface area contributed by atoms with Gasteiger partial charge in [-0.1, -0.05) is 0 Å². The fourth-order valence-electron chi connectivity index (χ4n) is 1.27. The summed E-state index contributed by atoms with van der Waals surface area (Å²) in [6.45, 7) is 13.0. The van der Waals surface area contributed by atoms with Crippen molar-refractivity contribution in [3.63, 3.8) is 0 Å². The van der Waals surface area contributed by atoms with Crippen molar-refractivity contribution >= 4 is 0 Å². The zero-order valence-electron chi connectivity index (χ0n) is 14.8. The Kier molecular flexibility index (Phi) is 28.3. The summed E-state index contributed by atoms with van der Waals surface area (Å²) in [5.74, 6) is 0. The summed E-state index contributed by atoms with van der Waals surface area (Å²) < 4.78 is 36.2. The lowest BCUT2D eigenvalue weighted by Gasteiger charge is -2.07. The van der Waals surface area contributed by atoms with Crippen molar-refractivity contribution in [1.82, 2.24) is 0 Å². The van der Waals surface area contributed by atoms with E-state index >= 15 is 0 Å². The van der Waals surface area contributed by atoms with Crippen LogP contribution in [-0.4, -0.2) is 93.5 Å². The molecule has 0 aromatic heterocycles. The summed E-state index contributed by atoms with van der Waals surface area (Å²) in [4.78, 5) is 0. The Bertz CT molecular complexity index is 175. The van der Waals surface area contributed by atoms with Crippen LogP contribution in [0.1, 0.15) is 0 Å². The maximum atomic E-state index is 5.35. The van der Waals surface area contributed by atoms with E-state index in [2.05, 4.69) is 13.2 Å². The third kappa shape index (κ3) is 26.7. The molecule has 0 heterocycles. The van der Waals surface area contributed by atoms with Gasteiger partial charge in [0, 0.05) is 14.2 Å². The summed E-state index contributed by atoms with van der Waals surface area (Å²) >= 11 is 0. The summed E-state index contributed by atoms with van der Waals surface area (Å²) in [6.07, 6.45) is 0. The van der Waals surface area contributed by atoms with Crippen LogP contribution in [0.2, 0.25) is 0 Å². The van der Waals surface area contributed by atoms with Crippen molar-refractivity contribution in [2.75, 3.05) is 93.5 Å². The highest BCUT2D eigenvalue weighted by Crippen LogP contribution is 1.84. The van der Waals surface area contributed by atoms with Crippen LogP contribution in [0, 0.1) is 0 Å². The van der Waals surface area contributed by atoms with Gasteiger partial charge in [-0.25, -0.2) is 0 Å². The van der Waals surface area contributed by atoms with E-state index in [9.17, 15) is 0 Å². The minimum absolute atomic E-state index is 0.561. The monoisotopic (exact) mass is 338 g/mol. The second-order valence-corrected chi connectivity index (χ2v) is 4.05. The molecule has 0 atom stereocenters. The normalized spacial score (nSPS) is 10.3. The van der Waals surface area contributed by atoms with Crippen LogP contribution in [0.5, 0.6) is 0 Å². The molecule has 0 bridgehead atoms. The van der Waals surface area contributed by atoms with E-state index in [0.29, 0.717) is 79.3 Å². The van der Waals surface area contributed by atoms with Crippen LogP contribution in [0.3, 0.4) is 0 Å². The van der Waals surface area contributed by atoms with Gasteiger partial charge in [0.05, 0.1) is 79.3 Å². The quantitative estimate of drug-likeness (QED) is 0.274. The molecule has 0 aromatic carbocycles. The smallest absolute Gasteiger partial charge is 0.0701 e. The fourth-order valence-corrected chi connectivity index (χ4v) is 1.27. The van der Waals surface area contributed by atoms with Crippen molar-refractivity contribution in [1.29, 1.82) is 0 Å². The standard InChI is InChI=1S/C14H30O7.C2H4/c1-15-3-5-17-7-9-19-11-13-21-14-12-20-10-8-18-6-4-16-2;1-2/h3-14H2,1-2H3;1-2H2. The van der Waals surface area contributed by atoms with Gasteiger partial charge in [-0.15, -0.1) is 13.2 Å². The van der Waals surface area contributed by atoms with Crippen molar-refractivity contribution in [3.8, 4) is 0 Å². The first-order valence-electron chi connectivity index (χ1n) is 7.78. The fraction of sp³-hybridized carbons (Fsp3) is 0.875. The molecule has 0 saturated carbocycles. The molecule has 0 fully saturated rings. The van der Waals surface area contributed by atoms with Crippen molar-refractivity contribution < 1.29 is 33.2 Å². The topological polar surface area (TPSA) is 64.6 Å². The van der Waals surface area contributed by atoms with Crippen molar-refractivity contribution in [3.05, 3.63) is 13.2 Å². The molecule has 0 unspecified atom stereocenters.